The van der Waals surface area contributed by atoms with Gasteiger partial charge in [-0.25, -0.2) is 0 Å². The molecule has 0 bridgehead atoms. The Balaban J connectivity index is -0.000000720. The van der Waals surface area contributed by atoms with E-state index in [-0.39, 0.29) is 47.9 Å². The van der Waals surface area contributed by atoms with Gasteiger partial charge in [-0.3, -0.25) is 0 Å². The number of hydrogen-bond acceptors (Lipinski definition) is 1. The third-order valence-corrected chi connectivity index (χ3v) is 2.56. The normalized spacial score (nSPS) is 9.20. The van der Waals surface area contributed by atoms with Crippen LogP contribution >= 0.6 is 24.0 Å². The molecule has 0 heterocycles. The van der Waals surface area contributed by atoms with Crippen molar-refractivity contribution < 1.29 is 0 Å². The van der Waals surface area contributed by atoms with Crippen molar-refractivity contribution in [1.82, 2.24) is 0 Å². The van der Waals surface area contributed by atoms with Crippen LogP contribution in [0.15, 0.2) is 0 Å². The Hall–Kier alpha value is 1.49. The molecule has 0 spiro atoms. The van der Waals surface area contributed by atoms with E-state index >= 15 is 0 Å². The molecule has 0 rings (SSSR count). The Kier molecular flexibility index (Phi) is 30.2. The van der Waals surface area contributed by atoms with Gasteiger partial charge in [-0.1, -0.05) is 64.7 Å². The Labute approximate surface area is 130 Å². The molecule has 0 aliphatic heterocycles. The first-order valence-electron chi connectivity index (χ1n) is 6.12. The molecule has 2 N–H and O–H groups in total. The van der Waals surface area contributed by atoms with E-state index in [1.807, 2.05) is 0 Å². The van der Waals surface area contributed by atoms with E-state index in [2.05, 4.69) is 6.92 Å². The summed E-state index contributed by atoms with van der Waals surface area (Å²) < 4.78 is 0. The summed E-state index contributed by atoms with van der Waals surface area (Å²) >= 11 is 0. The van der Waals surface area contributed by atoms with Crippen LogP contribution in [-0.2, 0) is 0 Å². The molecule has 0 saturated carbocycles. The first-order chi connectivity index (χ1) is 6.41. The second kappa shape index (κ2) is 20.8. The van der Waals surface area contributed by atoms with Crippen LogP contribution in [0.2, 0.25) is 0 Å². The first-order valence-corrected chi connectivity index (χ1v) is 6.12. The summed E-state index contributed by atoms with van der Waals surface area (Å²) in [6.45, 7) is 3.14. The predicted molar refractivity (Wildman–Crippen MR) is 84.9 cm³/mol. The molecule has 94 valence electrons. The van der Waals surface area contributed by atoms with Gasteiger partial charge in [0.2, 0.25) is 0 Å². The summed E-state index contributed by atoms with van der Waals surface area (Å²) in [5.74, 6) is 0. The van der Waals surface area contributed by atoms with Gasteiger partial charge < -0.3 is 5.73 Å². The summed E-state index contributed by atoms with van der Waals surface area (Å²) in [4.78, 5) is 0. The van der Waals surface area contributed by atoms with E-state index in [1.54, 1.807) is 0 Å². The summed E-state index contributed by atoms with van der Waals surface area (Å²) in [5, 5.41) is 0. The molecule has 0 aromatic rings. The van der Waals surface area contributed by atoms with E-state index < -0.39 is 0 Å². The fourth-order valence-corrected chi connectivity index (χ4v) is 1.63. The van der Waals surface area contributed by atoms with Gasteiger partial charge in [0.15, 0.2) is 0 Å². The zero-order valence-corrected chi connectivity index (χ0v) is 16.8. The first kappa shape index (κ1) is 21.7. The maximum absolute atomic E-state index is 5.42. The summed E-state index contributed by atoms with van der Waals surface area (Å²) in [5.41, 5.74) is 5.42. The standard InChI is InChI=1S/C12H27N.HI.Sn.2H/c1-2-3-4-5-6-7-8-9-10-11-12-13;;;;/h2-13H2,1H3;1H;;;. The third kappa shape index (κ3) is 21.4. The van der Waals surface area contributed by atoms with Crippen molar-refractivity contribution in [3.63, 3.8) is 0 Å². The average molecular weight is 434 g/mol. The van der Waals surface area contributed by atoms with Crippen LogP contribution in [0.4, 0.5) is 0 Å². The van der Waals surface area contributed by atoms with Gasteiger partial charge in [0.25, 0.3) is 0 Å². The van der Waals surface area contributed by atoms with Crippen LogP contribution in [-0.4, -0.2) is 30.5 Å². The average Bonchev–Trinajstić information content (AvgIpc) is 2.16. The van der Waals surface area contributed by atoms with Crippen molar-refractivity contribution in [1.29, 1.82) is 0 Å². The molecular formula is C12H30INSn. The van der Waals surface area contributed by atoms with E-state index in [0.717, 1.165) is 6.54 Å². The molecule has 0 aromatic carbocycles. The molecule has 0 atom stereocenters. The fourth-order valence-electron chi connectivity index (χ4n) is 1.63. The van der Waals surface area contributed by atoms with Gasteiger partial charge in [-0.05, 0) is 13.0 Å². The summed E-state index contributed by atoms with van der Waals surface area (Å²) in [6.07, 6.45) is 13.9. The Bertz CT molecular complexity index is 81.7. The van der Waals surface area contributed by atoms with Crippen LogP contribution in [0.3, 0.4) is 0 Å². The number of unbranched alkanes of at least 4 members (excludes halogenated alkanes) is 9. The third-order valence-electron chi connectivity index (χ3n) is 2.56. The van der Waals surface area contributed by atoms with Crippen molar-refractivity contribution in [3.05, 3.63) is 0 Å². The maximum atomic E-state index is 5.42. The molecule has 0 unspecified atom stereocenters. The van der Waals surface area contributed by atoms with E-state index in [1.165, 1.54) is 64.2 Å². The van der Waals surface area contributed by atoms with Gasteiger partial charge in [-0.2, -0.15) is 0 Å². The van der Waals surface area contributed by atoms with Gasteiger partial charge in [0.1, 0.15) is 0 Å². The summed E-state index contributed by atoms with van der Waals surface area (Å²) in [7, 11) is 0. The van der Waals surface area contributed by atoms with E-state index in [4.69, 9.17) is 5.73 Å². The number of nitrogens with two attached hydrogens (primary N) is 1. The van der Waals surface area contributed by atoms with Crippen molar-refractivity contribution in [2.24, 2.45) is 5.73 Å². The van der Waals surface area contributed by atoms with E-state index in [9.17, 15) is 0 Å². The van der Waals surface area contributed by atoms with Crippen LogP contribution in [0.25, 0.3) is 0 Å². The Morgan fingerprint density at radius 2 is 1.00 bits per heavy atom. The molecular weight excluding hydrogens is 404 g/mol. The molecule has 0 aliphatic carbocycles. The molecule has 0 amide bonds. The Morgan fingerprint density at radius 1 is 0.667 bits per heavy atom. The van der Waals surface area contributed by atoms with Crippen molar-refractivity contribution in [3.8, 4) is 0 Å². The second-order valence-electron chi connectivity index (χ2n) is 3.97. The topological polar surface area (TPSA) is 26.0 Å². The van der Waals surface area contributed by atoms with Crippen LogP contribution in [0.5, 0.6) is 0 Å². The van der Waals surface area contributed by atoms with Crippen LogP contribution in [0, 0.1) is 0 Å². The molecule has 0 aromatic heterocycles. The molecule has 0 saturated heterocycles. The minimum absolute atomic E-state index is 0. The molecule has 2 radical (unpaired) electrons. The van der Waals surface area contributed by atoms with Crippen LogP contribution < -0.4 is 5.73 Å². The Morgan fingerprint density at radius 3 is 1.33 bits per heavy atom. The SMILES string of the molecule is CCCCCCCCCCCCN.I.[SnH2]. The van der Waals surface area contributed by atoms with Gasteiger partial charge >= 0.3 is 23.9 Å². The van der Waals surface area contributed by atoms with Gasteiger partial charge in [0.05, 0.1) is 0 Å². The van der Waals surface area contributed by atoms with Gasteiger partial charge in [0, 0.05) is 0 Å². The zero-order valence-electron chi connectivity index (χ0n) is 10.5. The number of rotatable bonds is 10. The van der Waals surface area contributed by atoms with Crippen molar-refractivity contribution in [2.75, 3.05) is 6.54 Å². The molecule has 1 nitrogen and oxygen atoms in total. The molecule has 15 heavy (non-hydrogen) atoms. The van der Waals surface area contributed by atoms with Crippen molar-refractivity contribution >= 4 is 47.9 Å². The van der Waals surface area contributed by atoms with E-state index in [0.29, 0.717) is 0 Å². The monoisotopic (exact) mass is 435 g/mol. The predicted octanol–water partition coefficient (Wildman–Crippen LogP) is 3.57. The van der Waals surface area contributed by atoms with Gasteiger partial charge in [-0.15, -0.1) is 24.0 Å². The van der Waals surface area contributed by atoms with Crippen LogP contribution in [0.1, 0.15) is 71.1 Å². The zero-order chi connectivity index (χ0) is 9.78. The quantitative estimate of drug-likeness (QED) is 0.318. The summed E-state index contributed by atoms with van der Waals surface area (Å²) in [6, 6.07) is 0. The molecule has 0 aliphatic rings. The van der Waals surface area contributed by atoms with Crippen molar-refractivity contribution in [2.45, 2.75) is 71.1 Å². The number of halogens is 1. The number of hydrogen-bond donors (Lipinski definition) is 1. The fraction of sp³-hybridized carbons (Fsp3) is 1.00. The second-order valence-corrected chi connectivity index (χ2v) is 3.97. The molecule has 0 fully saturated rings. The molecule has 3 heteroatoms. The minimum atomic E-state index is 0.